The first kappa shape index (κ1) is 23.3. The molecule has 0 saturated heterocycles. The van der Waals surface area contributed by atoms with Crippen LogP contribution in [0.25, 0.3) is 54.0 Å². The number of pyridine rings is 1. The average Bonchev–Trinajstić information content (AvgIpc) is 3.00. The monoisotopic (exact) mass is 487 g/mol. The summed E-state index contributed by atoms with van der Waals surface area (Å²) in [5.41, 5.74) is 1.06. The minimum absolute atomic E-state index is 1.06. The summed E-state index contributed by atoms with van der Waals surface area (Å²) in [6.07, 6.45) is 6.72. The Balaban J connectivity index is 0.000000117. The smallest absolute Gasteiger partial charge is 0.115 e. The molecule has 0 saturated carbocycles. The van der Waals surface area contributed by atoms with Crippen LogP contribution in [0.1, 0.15) is 0 Å². The second-order valence-corrected chi connectivity index (χ2v) is 9.01. The second kappa shape index (κ2) is 10.9. The zero-order chi connectivity index (χ0) is 25.6. The Bertz CT molecular complexity index is 1840. The summed E-state index contributed by atoms with van der Waals surface area (Å²) in [5, 5.41) is 11.6. The first-order chi connectivity index (χ1) is 18.8. The van der Waals surface area contributed by atoms with Gasteiger partial charge in [-0.1, -0.05) is 84.9 Å². The molecule has 0 N–H and O–H groups in total. The van der Waals surface area contributed by atoms with Crippen molar-refractivity contribution in [1.29, 1.82) is 0 Å². The van der Waals surface area contributed by atoms with Crippen LogP contribution in [0.15, 0.2) is 152 Å². The summed E-state index contributed by atoms with van der Waals surface area (Å²) in [5.74, 6) is 0. The van der Waals surface area contributed by atoms with E-state index in [9.17, 15) is 0 Å². The highest BCUT2D eigenvalue weighted by Crippen LogP contribution is 2.28. The number of fused-ring (bicyclic) bond motifs is 6. The third kappa shape index (κ3) is 5.04. The van der Waals surface area contributed by atoms with Gasteiger partial charge in [0.2, 0.25) is 0 Å². The van der Waals surface area contributed by atoms with Crippen LogP contribution in [0.5, 0.6) is 0 Å². The molecule has 3 heteroatoms. The lowest BCUT2D eigenvalue weighted by Gasteiger charge is -2.05. The van der Waals surface area contributed by atoms with Gasteiger partial charge < -0.3 is 0 Å². The van der Waals surface area contributed by atoms with Crippen molar-refractivity contribution in [3.63, 3.8) is 0 Å². The fourth-order valence-corrected chi connectivity index (χ4v) is 4.71. The summed E-state index contributed by atoms with van der Waals surface area (Å²) in [4.78, 5) is 11.8. The van der Waals surface area contributed by atoms with Crippen molar-refractivity contribution in [1.82, 2.24) is 15.0 Å². The van der Waals surface area contributed by atoms with Crippen LogP contribution >= 0.6 is 0 Å². The quantitative estimate of drug-likeness (QED) is 0.158. The molecule has 0 amide bonds. The Hall–Kier alpha value is -5.15. The van der Waals surface area contributed by atoms with Crippen molar-refractivity contribution < 1.29 is 0 Å². The molecule has 0 unspecified atom stereocenters. The number of aromatic nitrogens is 3. The van der Waals surface area contributed by atoms with E-state index in [0.717, 1.165) is 5.52 Å². The minimum Gasteiger partial charge on any atom is -0.256 e. The summed E-state index contributed by atoms with van der Waals surface area (Å²) >= 11 is 0. The largest absolute Gasteiger partial charge is 0.256 e. The summed E-state index contributed by atoms with van der Waals surface area (Å²) in [7, 11) is 0. The second-order valence-electron chi connectivity index (χ2n) is 9.01. The van der Waals surface area contributed by atoms with Gasteiger partial charge in [-0.2, -0.15) is 0 Å². The molecule has 0 aliphatic heterocycles. The van der Waals surface area contributed by atoms with Crippen LogP contribution in [0.4, 0.5) is 0 Å². The molecule has 0 radical (unpaired) electrons. The Morgan fingerprint density at radius 3 is 1.32 bits per heavy atom. The van der Waals surface area contributed by atoms with Crippen molar-refractivity contribution in [2.75, 3.05) is 0 Å². The molecule has 2 heterocycles. The van der Waals surface area contributed by atoms with E-state index in [1.165, 1.54) is 54.8 Å². The molecule has 8 rings (SSSR count). The lowest BCUT2D eigenvalue weighted by molar-refractivity contribution is 1.17. The number of rotatable bonds is 0. The van der Waals surface area contributed by atoms with E-state index in [4.69, 9.17) is 0 Å². The highest BCUT2D eigenvalue weighted by molar-refractivity contribution is 6.11. The summed E-state index contributed by atoms with van der Waals surface area (Å²) < 4.78 is 0. The van der Waals surface area contributed by atoms with Crippen molar-refractivity contribution in [2.45, 2.75) is 0 Å². The first-order valence-corrected chi connectivity index (χ1v) is 12.6. The standard InChI is InChI=1S/C17H11N.C14H10.C4H4N2/c1-2-5-13-11-16-14(10-12(13)4-1)7-8-17-15(16)6-3-9-18-17;1-2-6-12-10-14-8-4-3-7-13(14)9-11(12)5-1;1-2-5-4-6-3-1/h1-11H;1-10H;1-4H. The predicted octanol–water partition coefficient (Wildman–Crippen LogP) is 9.01. The van der Waals surface area contributed by atoms with E-state index in [1.807, 2.05) is 12.3 Å². The molecule has 0 spiro atoms. The fraction of sp³-hybridized carbons (Fsp3) is 0. The Morgan fingerprint density at radius 1 is 0.342 bits per heavy atom. The lowest BCUT2D eigenvalue weighted by atomic mass is 10.0. The molecule has 0 aliphatic rings. The maximum absolute atomic E-state index is 4.41. The fourth-order valence-electron chi connectivity index (χ4n) is 4.71. The number of benzene rings is 6. The predicted molar refractivity (Wildman–Crippen MR) is 160 cm³/mol. The first-order valence-electron chi connectivity index (χ1n) is 12.6. The van der Waals surface area contributed by atoms with E-state index in [-0.39, 0.29) is 0 Å². The molecular formula is C35H25N3. The van der Waals surface area contributed by atoms with Crippen molar-refractivity contribution >= 4 is 54.0 Å². The number of hydrogen-bond donors (Lipinski definition) is 0. The third-order valence-electron chi connectivity index (χ3n) is 6.56. The van der Waals surface area contributed by atoms with Crippen molar-refractivity contribution in [3.05, 3.63) is 152 Å². The molecule has 0 atom stereocenters. The van der Waals surface area contributed by atoms with Gasteiger partial charge in [-0.25, -0.2) is 9.97 Å². The Kier molecular flexibility index (Phi) is 6.64. The van der Waals surface area contributed by atoms with Crippen LogP contribution in [-0.2, 0) is 0 Å². The van der Waals surface area contributed by atoms with Gasteiger partial charge in [0.05, 0.1) is 5.52 Å². The molecule has 0 fully saturated rings. The van der Waals surface area contributed by atoms with E-state index in [2.05, 4.69) is 130 Å². The topological polar surface area (TPSA) is 38.7 Å². The lowest BCUT2D eigenvalue weighted by Crippen LogP contribution is -1.81. The molecule has 0 bridgehead atoms. The maximum atomic E-state index is 4.41. The van der Waals surface area contributed by atoms with Gasteiger partial charge in [0, 0.05) is 24.0 Å². The van der Waals surface area contributed by atoms with Crippen molar-refractivity contribution in [2.24, 2.45) is 0 Å². The average molecular weight is 488 g/mol. The minimum atomic E-state index is 1.06. The van der Waals surface area contributed by atoms with Gasteiger partial charge in [-0.3, -0.25) is 4.98 Å². The normalized spacial score (nSPS) is 10.6. The van der Waals surface area contributed by atoms with Crippen LogP contribution < -0.4 is 0 Å². The molecule has 0 aliphatic carbocycles. The molecule has 6 aromatic carbocycles. The number of hydrogen-bond acceptors (Lipinski definition) is 3. The highest BCUT2D eigenvalue weighted by atomic mass is 14.8. The van der Waals surface area contributed by atoms with Gasteiger partial charge in [0.1, 0.15) is 6.33 Å². The molecule has 38 heavy (non-hydrogen) atoms. The molecule has 8 aromatic rings. The van der Waals surface area contributed by atoms with Gasteiger partial charge >= 0.3 is 0 Å². The summed E-state index contributed by atoms with van der Waals surface area (Å²) in [6.45, 7) is 0. The van der Waals surface area contributed by atoms with Crippen LogP contribution in [-0.4, -0.2) is 15.0 Å². The molecular weight excluding hydrogens is 462 g/mol. The van der Waals surface area contributed by atoms with E-state index in [1.54, 1.807) is 18.5 Å². The maximum Gasteiger partial charge on any atom is 0.115 e. The molecule has 3 nitrogen and oxygen atoms in total. The number of nitrogens with zero attached hydrogens (tertiary/aromatic N) is 3. The van der Waals surface area contributed by atoms with E-state index >= 15 is 0 Å². The zero-order valence-corrected chi connectivity index (χ0v) is 20.8. The van der Waals surface area contributed by atoms with Crippen LogP contribution in [0.3, 0.4) is 0 Å². The van der Waals surface area contributed by atoms with Gasteiger partial charge in [0.25, 0.3) is 0 Å². The highest BCUT2D eigenvalue weighted by Gasteiger charge is 2.02. The SMILES string of the molecule is c1ccc2cc3c(ccc4ncccc43)cc2c1.c1ccc2cc3ccccc3cc2c1.c1cncnc1. The van der Waals surface area contributed by atoms with Gasteiger partial charge in [-0.15, -0.1) is 0 Å². The van der Waals surface area contributed by atoms with Gasteiger partial charge in [0.15, 0.2) is 0 Å². The third-order valence-corrected chi connectivity index (χ3v) is 6.56. The molecule has 2 aromatic heterocycles. The van der Waals surface area contributed by atoms with Crippen LogP contribution in [0, 0.1) is 0 Å². The van der Waals surface area contributed by atoms with Gasteiger partial charge in [-0.05, 0) is 85.6 Å². The molecule has 180 valence electrons. The Morgan fingerprint density at radius 2 is 0.842 bits per heavy atom. The zero-order valence-electron chi connectivity index (χ0n) is 20.8. The summed E-state index contributed by atoms with van der Waals surface area (Å²) in [6, 6.07) is 44.6. The van der Waals surface area contributed by atoms with Crippen LogP contribution in [0.2, 0.25) is 0 Å². The Labute approximate surface area is 221 Å². The van der Waals surface area contributed by atoms with Crippen molar-refractivity contribution in [3.8, 4) is 0 Å². The van der Waals surface area contributed by atoms with E-state index in [0.29, 0.717) is 0 Å². The van der Waals surface area contributed by atoms with E-state index < -0.39 is 0 Å².